The average Bonchev–Trinajstić information content (AvgIpc) is 3.31. The van der Waals surface area contributed by atoms with Gasteiger partial charge in [0.1, 0.15) is 5.76 Å². The monoisotopic (exact) mass is 376 g/mol. The van der Waals surface area contributed by atoms with E-state index in [-0.39, 0.29) is 11.9 Å². The first-order valence-corrected chi connectivity index (χ1v) is 9.98. The number of benzene rings is 1. The lowest BCUT2D eigenvalue weighted by Crippen LogP contribution is -2.38. The van der Waals surface area contributed by atoms with Gasteiger partial charge in [0.15, 0.2) is 5.69 Å². The van der Waals surface area contributed by atoms with Crippen LogP contribution in [0.2, 0.25) is 0 Å². The molecule has 144 valence electrons. The van der Waals surface area contributed by atoms with Gasteiger partial charge in [-0.25, -0.2) is 4.98 Å². The van der Waals surface area contributed by atoms with Crippen LogP contribution in [-0.4, -0.2) is 31.6 Å². The van der Waals surface area contributed by atoms with E-state index in [1.165, 1.54) is 11.1 Å². The molecule has 1 atom stereocenters. The Bertz CT molecular complexity index is 1030. The van der Waals surface area contributed by atoms with E-state index < -0.39 is 0 Å². The smallest absolute Gasteiger partial charge is 0.276 e. The molecule has 2 aliphatic rings. The largest absolute Gasteiger partial charge is 0.440 e. The SMILES string of the molecule is Cc1oc(-c2cnn(C)c2)nc1C(=O)N(C1CC1)C1CCCc2ccccc21. The van der Waals surface area contributed by atoms with Crippen LogP contribution in [0.5, 0.6) is 0 Å². The molecule has 2 aliphatic carbocycles. The van der Waals surface area contributed by atoms with Crippen molar-refractivity contribution in [3.63, 3.8) is 0 Å². The fourth-order valence-corrected chi connectivity index (χ4v) is 4.30. The van der Waals surface area contributed by atoms with Gasteiger partial charge in [-0.1, -0.05) is 24.3 Å². The maximum Gasteiger partial charge on any atom is 0.276 e. The summed E-state index contributed by atoms with van der Waals surface area (Å²) in [6.45, 7) is 1.82. The molecule has 5 rings (SSSR count). The van der Waals surface area contributed by atoms with E-state index in [0.717, 1.165) is 37.7 Å². The normalized spacial score (nSPS) is 18.7. The van der Waals surface area contributed by atoms with Crippen molar-refractivity contribution >= 4 is 5.91 Å². The Hall–Kier alpha value is -2.89. The van der Waals surface area contributed by atoms with Crippen LogP contribution in [0.15, 0.2) is 41.1 Å². The Morgan fingerprint density at radius 3 is 2.82 bits per heavy atom. The number of aryl methyl sites for hydroxylation is 3. The third-order valence-electron chi connectivity index (χ3n) is 5.80. The number of hydrogen-bond acceptors (Lipinski definition) is 4. The molecule has 1 aromatic carbocycles. The molecule has 6 heteroatoms. The van der Waals surface area contributed by atoms with Crippen molar-refractivity contribution in [2.75, 3.05) is 0 Å². The summed E-state index contributed by atoms with van der Waals surface area (Å²) in [5.41, 5.74) is 3.87. The second kappa shape index (κ2) is 6.62. The molecule has 0 spiro atoms. The van der Waals surface area contributed by atoms with Crippen LogP contribution in [0.3, 0.4) is 0 Å². The number of amides is 1. The summed E-state index contributed by atoms with van der Waals surface area (Å²) in [4.78, 5) is 20.2. The summed E-state index contributed by atoms with van der Waals surface area (Å²) < 4.78 is 7.53. The van der Waals surface area contributed by atoms with Crippen LogP contribution in [0.1, 0.15) is 59.1 Å². The van der Waals surface area contributed by atoms with Gasteiger partial charge in [0.25, 0.3) is 5.91 Å². The Morgan fingerprint density at radius 1 is 1.25 bits per heavy atom. The first-order chi connectivity index (χ1) is 13.6. The minimum atomic E-state index is -0.0133. The summed E-state index contributed by atoms with van der Waals surface area (Å²) in [5, 5.41) is 4.17. The molecule has 6 nitrogen and oxygen atoms in total. The quantitative estimate of drug-likeness (QED) is 0.689. The molecule has 2 aromatic heterocycles. The van der Waals surface area contributed by atoms with E-state index in [1.807, 2.05) is 20.2 Å². The lowest BCUT2D eigenvalue weighted by atomic mass is 9.86. The lowest BCUT2D eigenvalue weighted by molar-refractivity contribution is 0.0630. The molecular weight excluding hydrogens is 352 g/mol. The third kappa shape index (κ3) is 2.93. The van der Waals surface area contributed by atoms with Crippen LogP contribution >= 0.6 is 0 Å². The van der Waals surface area contributed by atoms with E-state index in [1.54, 1.807) is 10.9 Å². The van der Waals surface area contributed by atoms with E-state index in [9.17, 15) is 4.79 Å². The zero-order valence-corrected chi connectivity index (χ0v) is 16.3. The number of carbonyl (C=O) groups excluding carboxylic acids is 1. The molecule has 0 aliphatic heterocycles. The van der Waals surface area contributed by atoms with Gasteiger partial charge in [-0.05, 0) is 50.2 Å². The minimum Gasteiger partial charge on any atom is -0.440 e. The Labute approximate surface area is 164 Å². The van der Waals surface area contributed by atoms with Gasteiger partial charge in [0.05, 0.1) is 17.8 Å². The highest BCUT2D eigenvalue weighted by Gasteiger charge is 2.41. The molecule has 0 radical (unpaired) electrons. The molecule has 0 saturated heterocycles. The maximum absolute atomic E-state index is 13.6. The summed E-state index contributed by atoms with van der Waals surface area (Å²) in [6.07, 6.45) is 8.88. The van der Waals surface area contributed by atoms with Gasteiger partial charge in [-0.3, -0.25) is 9.48 Å². The zero-order valence-electron chi connectivity index (χ0n) is 16.3. The summed E-state index contributed by atoms with van der Waals surface area (Å²) >= 11 is 0. The van der Waals surface area contributed by atoms with Crippen molar-refractivity contribution in [1.29, 1.82) is 0 Å². The van der Waals surface area contributed by atoms with Gasteiger partial charge in [-0.15, -0.1) is 0 Å². The lowest BCUT2D eigenvalue weighted by Gasteiger charge is -2.36. The third-order valence-corrected chi connectivity index (χ3v) is 5.80. The predicted molar refractivity (Wildman–Crippen MR) is 105 cm³/mol. The fourth-order valence-electron chi connectivity index (χ4n) is 4.30. The Kier molecular flexibility index (Phi) is 4.07. The van der Waals surface area contributed by atoms with Crippen molar-refractivity contribution < 1.29 is 9.21 Å². The molecule has 1 saturated carbocycles. The molecular formula is C22H24N4O2. The van der Waals surface area contributed by atoms with Crippen LogP contribution in [0, 0.1) is 6.92 Å². The van der Waals surface area contributed by atoms with E-state index in [0.29, 0.717) is 23.4 Å². The molecule has 0 bridgehead atoms. The van der Waals surface area contributed by atoms with Gasteiger partial charge in [-0.2, -0.15) is 5.10 Å². The van der Waals surface area contributed by atoms with E-state index in [4.69, 9.17) is 4.42 Å². The molecule has 1 unspecified atom stereocenters. The summed E-state index contributed by atoms with van der Waals surface area (Å²) in [5.74, 6) is 1.01. The van der Waals surface area contributed by atoms with Crippen molar-refractivity contribution in [2.45, 2.75) is 51.1 Å². The minimum absolute atomic E-state index is 0.0133. The van der Waals surface area contributed by atoms with Gasteiger partial charge in [0.2, 0.25) is 5.89 Å². The van der Waals surface area contributed by atoms with Gasteiger partial charge in [0, 0.05) is 19.3 Å². The van der Waals surface area contributed by atoms with Crippen LogP contribution < -0.4 is 0 Å². The molecule has 2 heterocycles. The number of aromatic nitrogens is 3. The number of nitrogens with zero attached hydrogens (tertiary/aromatic N) is 4. The second-order valence-corrected chi connectivity index (χ2v) is 7.88. The predicted octanol–water partition coefficient (Wildman–Crippen LogP) is 4.07. The second-order valence-electron chi connectivity index (χ2n) is 7.88. The highest BCUT2D eigenvalue weighted by molar-refractivity contribution is 5.94. The fraction of sp³-hybridized carbons (Fsp3) is 0.409. The number of fused-ring (bicyclic) bond motifs is 1. The van der Waals surface area contributed by atoms with Crippen molar-refractivity contribution in [3.8, 4) is 11.5 Å². The Morgan fingerprint density at radius 2 is 2.07 bits per heavy atom. The highest BCUT2D eigenvalue weighted by atomic mass is 16.4. The standard InChI is InChI=1S/C22H24N4O2/c1-14-20(24-21(28-14)16-12-23-25(2)13-16)22(27)26(17-10-11-17)19-9-5-7-15-6-3-4-8-18(15)19/h3-4,6,8,12-13,17,19H,5,7,9-11H2,1-2H3. The van der Waals surface area contributed by atoms with Crippen molar-refractivity contribution in [1.82, 2.24) is 19.7 Å². The molecule has 1 fully saturated rings. The zero-order chi connectivity index (χ0) is 19.3. The van der Waals surface area contributed by atoms with Crippen LogP contribution in [-0.2, 0) is 13.5 Å². The van der Waals surface area contributed by atoms with E-state index >= 15 is 0 Å². The first-order valence-electron chi connectivity index (χ1n) is 9.98. The van der Waals surface area contributed by atoms with Crippen LogP contribution in [0.4, 0.5) is 0 Å². The summed E-state index contributed by atoms with van der Waals surface area (Å²) in [7, 11) is 1.85. The number of carbonyl (C=O) groups is 1. The Balaban J connectivity index is 1.51. The summed E-state index contributed by atoms with van der Waals surface area (Å²) in [6, 6.07) is 8.97. The topological polar surface area (TPSA) is 64.2 Å². The van der Waals surface area contributed by atoms with Gasteiger partial charge >= 0.3 is 0 Å². The number of oxazole rings is 1. The first kappa shape index (κ1) is 17.2. The molecule has 0 N–H and O–H groups in total. The molecule has 1 amide bonds. The van der Waals surface area contributed by atoms with Gasteiger partial charge < -0.3 is 9.32 Å². The molecule has 3 aromatic rings. The van der Waals surface area contributed by atoms with E-state index in [2.05, 4.69) is 39.2 Å². The maximum atomic E-state index is 13.6. The number of hydrogen-bond donors (Lipinski definition) is 0. The van der Waals surface area contributed by atoms with Crippen molar-refractivity contribution in [3.05, 3.63) is 59.2 Å². The average molecular weight is 376 g/mol. The highest BCUT2D eigenvalue weighted by Crippen LogP contribution is 2.42. The number of rotatable bonds is 4. The van der Waals surface area contributed by atoms with Crippen molar-refractivity contribution in [2.24, 2.45) is 7.05 Å². The van der Waals surface area contributed by atoms with Crippen LogP contribution in [0.25, 0.3) is 11.5 Å². The molecule has 28 heavy (non-hydrogen) atoms.